The van der Waals surface area contributed by atoms with Gasteiger partial charge in [-0.15, -0.1) is 11.3 Å². The van der Waals surface area contributed by atoms with Crippen molar-refractivity contribution in [1.29, 1.82) is 0 Å². The van der Waals surface area contributed by atoms with Gasteiger partial charge in [-0.1, -0.05) is 43.3 Å². The standard InChI is InChI=1S/C25H27N5S/c1-4-26-12-6-8-19-7-5-9-20(13-19)17(2)28-25-15-23(29-18(3)30-25)21-10-11-22-24(14-21)31-16-27-22/h5-11,13-17,26H,4,12H2,1-3H3,(H,28,29,30)/t17-/m0/s1. The summed E-state index contributed by atoms with van der Waals surface area (Å²) in [5.74, 6) is 1.57. The molecule has 4 rings (SSSR count). The minimum Gasteiger partial charge on any atom is -0.363 e. The van der Waals surface area contributed by atoms with Gasteiger partial charge in [0.2, 0.25) is 0 Å². The lowest BCUT2D eigenvalue weighted by molar-refractivity contribution is 0.801. The summed E-state index contributed by atoms with van der Waals surface area (Å²) in [6, 6.07) is 17.0. The van der Waals surface area contributed by atoms with Gasteiger partial charge < -0.3 is 10.6 Å². The normalized spacial score (nSPS) is 12.5. The van der Waals surface area contributed by atoms with Gasteiger partial charge in [-0.3, -0.25) is 0 Å². The van der Waals surface area contributed by atoms with E-state index in [4.69, 9.17) is 0 Å². The lowest BCUT2D eigenvalue weighted by atomic mass is 10.0. The molecule has 2 aromatic carbocycles. The van der Waals surface area contributed by atoms with Crippen LogP contribution in [0, 0.1) is 6.92 Å². The van der Waals surface area contributed by atoms with E-state index in [0.29, 0.717) is 0 Å². The molecule has 0 saturated heterocycles. The fraction of sp³-hybridized carbons (Fsp3) is 0.240. The molecule has 5 nitrogen and oxygen atoms in total. The minimum absolute atomic E-state index is 0.119. The molecule has 0 spiro atoms. The Morgan fingerprint density at radius 2 is 2.00 bits per heavy atom. The maximum absolute atomic E-state index is 4.66. The van der Waals surface area contributed by atoms with Crippen LogP contribution in [0.5, 0.6) is 0 Å². The van der Waals surface area contributed by atoms with Gasteiger partial charge in [-0.05, 0) is 49.7 Å². The Morgan fingerprint density at radius 1 is 1.10 bits per heavy atom. The summed E-state index contributed by atoms with van der Waals surface area (Å²) >= 11 is 1.64. The average Bonchev–Trinajstić information content (AvgIpc) is 3.24. The van der Waals surface area contributed by atoms with Gasteiger partial charge in [0.15, 0.2) is 0 Å². The third-order valence-corrected chi connectivity index (χ3v) is 5.85. The van der Waals surface area contributed by atoms with Gasteiger partial charge in [-0.25, -0.2) is 15.0 Å². The largest absolute Gasteiger partial charge is 0.363 e. The summed E-state index contributed by atoms with van der Waals surface area (Å²) in [6.07, 6.45) is 4.31. The zero-order valence-corrected chi connectivity index (χ0v) is 18.9. The van der Waals surface area contributed by atoms with Crippen LogP contribution in [0.1, 0.15) is 36.8 Å². The smallest absolute Gasteiger partial charge is 0.130 e. The van der Waals surface area contributed by atoms with Gasteiger partial charge in [0.1, 0.15) is 11.6 Å². The molecule has 31 heavy (non-hydrogen) atoms. The van der Waals surface area contributed by atoms with Crippen molar-refractivity contribution in [2.45, 2.75) is 26.8 Å². The first-order valence-corrected chi connectivity index (χ1v) is 11.4. The molecule has 0 aliphatic heterocycles. The quantitative estimate of drug-likeness (QED) is 0.344. The van der Waals surface area contributed by atoms with Crippen molar-refractivity contribution in [3.63, 3.8) is 0 Å². The van der Waals surface area contributed by atoms with Crippen LogP contribution >= 0.6 is 11.3 Å². The molecule has 2 heterocycles. The highest BCUT2D eigenvalue weighted by Crippen LogP contribution is 2.27. The first-order chi connectivity index (χ1) is 15.1. The minimum atomic E-state index is 0.119. The molecule has 4 aromatic rings. The maximum Gasteiger partial charge on any atom is 0.130 e. The summed E-state index contributed by atoms with van der Waals surface area (Å²) in [6.45, 7) is 8.05. The van der Waals surface area contributed by atoms with Gasteiger partial charge in [0.05, 0.1) is 21.4 Å². The van der Waals surface area contributed by atoms with E-state index in [2.05, 4.69) is 88.0 Å². The highest BCUT2D eigenvalue weighted by molar-refractivity contribution is 7.16. The fourth-order valence-corrected chi connectivity index (χ4v) is 4.18. The number of hydrogen-bond donors (Lipinski definition) is 2. The molecule has 6 heteroatoms. The first-order valence-electron chi connectivity index (χ1n) is 10.6. The van der Waals surface area contributed by atoms with Crippen LogP contribution < -0.4 is 10.6 Å². The van der Waals surface area contributed by atoms with E-state index in [1.165, 1.54) is 11.1 Å². The van der Waals surface area contributed by atoms with Crippen molar-refractivity contribution < 1.29 is 0 Å². The molecule has 2 N–H and O–H groups in total. The molecular formula is C25H27N5S. The van der Waals surface area contributed by atoms with Crippen LogP contribution in [0.3, 0.4) is 0 Å². The van der Waals surface area contributed by atoms with Gasteiger partial charge in [-0.2, -0.15) is 0 Å². The zero-order valence-electron chi connectivity index (χ0n) is 18.1. The van der Waals surface area contributed by atoms with E-state index in [-0.39, 0.29) is 6.04 Å². The molecule has 0 bridgehead atoms. The number of hydrogen-bond acceptors (Lipinski definition) is 6. The predicted molar refractivity (Wildman–Crippen MR) is 131 cm³/mol. The van der Waals surface area contributed by atoms with E-state index in [9.17, 15) is 0 Å². The van der Waals surface area contributed by atoms with Crippen molar-refractivity contribution in [3.05, 3.63) is 77.1 Å². The summed E-state index contributed by atoms with van der Waals surface area (Å²) in [7, 11) is 0. The van der Waals surface area contributed by atoms with Crippen molar-refractivity contribution in [2.24, 2.45) is 0 Å². The molecule has 0 unspecified atom stereocenters. The molecule has 0 amide bonds. The lowest BCUT2D eigenvalue weighted by Gasteiger charge is -2.16. The number of aromatic nitrogens is 3. The highest BCUT2D eigenvalue weighted by atomic mass is 32.1. The molecule has 1 atom stereocenters. The van der Waals surface area contributed by atoms with Crippen LogP contribution in [0.25, 0.3) is 27.6 Å². The van der Waals surface area contributed by atoms with Crippen LogP contribution in [0.15, 0.2) is 60.1 Å². The molecule has 0 radical (unpaired) electrons. The Balaban J connectivity index is 1.53. The third kappa shape index (κ3) is 5.34. The van der Waals surface area contributed by atoms with Crippen molar-refractivity contribution >= 4 is 33.4 Å². The molecular weight excluding hydrogens is 402 g/mol. The number of fused-ring (bicyclic) bond motifs is 1. The Kier molecular flexibility index (Phi) is 6.70. The van der Waals surface area contributed by atoms with Crippen molar-refractivity contribution in [1.82, 2.24) is 20.3 Å². The molecule has 0 aliphatic rings. The van der Waals surface area contributed by atoms with Gasteiger partial charge in [0, 0.05) is 24.2 Å². The number of nitrogens with one attached hydrogen (secondary N) is 2. The van der Waals surface area contributed by atoms with E-state index < -0.39 is 0 Å². The molecule has 0 fully saturated rings. The maximum atomic E-state index is 4.66. The van der Waals surface area contributed by atoms with Gasteiger partial charge >= 0.3 is 0 Å². The molecule has 0 aliphatic carbocycles. The monoisotopic (exact) mass is 429 g/mol. The zero-order chi connectivity index (χ0) is 21.6. The SMILES string of the molecule is CCNCC=Cc1cccc([C@H](C)Nc2cc(-c3ccc4ncsc4c3)nc(C)n2)c1. The Bertz CT molecular complexity index is 1200. The predicted octanol–water partition coefficient (Wildman–Crippen LogP) is 5.86. The van der Waals surface area contributed by atoms with Gasteiger partial charge in [0.25, 0.3) is 0 Å². The molecule has 2 aromatic heterocycles. The Hall–Kier alpha value is -3.09. The Labute approximate surface area is 187 Å². The summed E-state index contributed by atoms with van der Waals surface area (Å²) in [5, 5.41) is 6.85. The number of rotatable bonds is 8. The van der Waals surface area contributed by atoms with E-state index in [1.807, 2.05) is 24.6 Å². The topological polar surface area (TPSA) is 62.7 Å². The van der Waals surface area contributed by atoms with Crippen LogP contribution in [0.4, 0.5) is 5.82 Å². The highest BCUT2D eigenvalue weighted by Gasteiger charge is 2.10. The lowest BCUT2D eigenvalue weighted by Crippen LogP contribution is -2.11. The van der Waals surface area contributed by atoms with Crippen molar-refractivity contribution in [2.75, 3.05) is 18.4 Å². The Morgan fingerprint density at radius 3 is 2.87 bits per heavy atom. The first kappa shape index (κ1) is 21.2. The summed E-state index contributed by atoms with van der Waals surface area (Å²) < 4.78 is 1.16. The van der Waals surface area contributed by atoms with Crippen LogP contribution in [-0.4, -0.2) is 28.0 Å². The second-order valence-corrected chi connectivity index (χ2v) is 8.35. The molecule has 158 valence electrons. The van der Waals surface area contributed by atoms with E-state index in [0.717, 1.165) is 46.2 Å². The van der Waals surface area contributed by atoms with E-state index >= 15 is 0 Å². The average molecular weight is 430 g/mol. The third-order valence-electron chi connectivity index (χ3n) is 5.06. The number of benzene rings is 2. The second-order valence-electron chi connectivity index (χ2n) is 7.47. The number of thiazole rings is 1. The summed E-state index contributed by atoms with van der Waals surface area (Å²) in [4.78, 5) is 13.6. The summed E-state index contributed by atoms with van der Waals surface area (Å²) in [5.41, 5.74) is 7.29. The van der Waals surface area contributed by atoms with Crippen LogP contribution in [0.2, 0.25) is 0 Å². The van der Waals surface area contributed by atoms with E-state index in [1.54, 1.807) is 11.3 Å². The van der Waals surface area contributed by atoms with Crippen molar-refractivity contribution in [3.8, 4) is 11.3 Å². The second kappa shape index (κ2) is 9.81. The van der Waals surface area contributed by atoms with Crippen LogP contribution in [-0.2, 0) is 0 Å². The number of nitrogens with zero attached hydrogens (tertiary/aromatic N) is 3. The number of aryl methyl sites for hydroxylation is 1. The number of likely N-dealkylation sites (N-methyl/N-ethyl adjacent to an activating group) is 1. The fourth-order valence-electron chi connectivity index (χ4n) is 3.46. The number of anilines is 1. The molecule has 0 saturated carbocycles.